The molecule has 0 fully saturated rings. The zero-order valence-corrected chi connectivity index (χ0v) is 10.4. The second kappa shape index (κ2) is 4.53. The highest BCUT2D eigenvalue weighted by Crippen LogP contribution is 2.23. The Balaban J connectivity index is 2.47. The minimum absolute atomic E-state index is 0.174. The van der Waals surface area contributed by atoms with Gasteiger partial charge in [0.05, 0.1) is 6.20 Å². The Morgan fingerprint density at radius 3 is 2.76 bits per heavy atom. The van der Waals surface area contributed by atoms with E-state index < -0.39 is 0 Å². The van der Waals surface area contributed by atoms with Crippen molar-refractivity contribution < 1.29 is 4.79 Å². The van der Waals surface area contributed by atoms with E-state index in [1.807, 2.05) is 56.0 Å². The quantitative estimate of drug-likeness (QED) is 0.757. The van der Waals surface area contributed by atoms with Crippen molar-refractivity contribution in [1.29, 1.82) is 0 Å². The lowest BCUT2D eigenvalue weighted by Gasteiger charge is -2.03. The van der Waals surface area contributed by atoms with Crippen LogP contribution in [0.3, 0.4) is 0 Å². The van der Waals surface area contributed by atoms with Gasteiger partial charge >= 0.3 is 0 Å². The van der Waals surface area contributed by atoms with E-state index in [2.05, 4.69) is 5.10 Å². The van der Waals surface area contributed by atoms with Gasteiger partial charge in [0, 0.05) is 30.3 Å². The lowest BCUT2D eigenvalue weighted by Crippen LogP contribution is -1.96. The van der Waals surface area contributed by atoms with Crippen molar-refractivity contribution in [1.82, 2.24) is 9.78 Å². The minimum Gasteiger partial charge on any atom is -0.294 e. The van der Waals surface area contributed by atoms with E-state index in [1.54, 1.807) is 0 Å². The van der Waals surface area contributed by atoms with Gasteiger partial charge in [-0.25, -0.2) is 0 Å². The van der Waals surface area contributed by atoms with Crippen LogP contribution in [0.2, 0.25) is 0 Å². The number of carbonyl (C=O) groups excluding carboxylic acids is 1. The van der Waals surface area contributed by atoms with Crippen LogP contribution in [0.1, 0.15) is 29.4 Å². The van der Waals surface area contributed by atoms with Gasteiger partial charge in [0.2, 0.25) is 0 Å². The van der Waals surface area contributed by atoms with Gasteiger partial charge in [0.15, 0.2) is 5.78 Å². The maximum atomic E-state index is 11.7. The normalized spacial score (nSPS) is 10.5. The fourth-order valence-electron chi connectivity index (χ4n) is 1.85. The molecule has 0 aliphatic heterocycles. The van der Waals surface area contributed by atoms with Crippen molar-refractivity contribution in [2.45, 2.75) is 20.3 Å². The number of aromatic nitrogens is 2. The van der Waals surface area contributed by atoms with Crippen LogP contribution < -0.4 is 0 Å². The van der Waals surface area contributed by atoms with Crippen LogP contribution in [0.25, 0.3) is 11.1 Å². The average Bonchev–Trinajstić information content (AvgIpc) is 2.69. The molecule has 0 aliphatic carbocycles. The van der Waals surface area contributed by atoms with Crippen LogP contribution in [-0.4, -0.2) is 15.6 Å². The molecule has 0 amide bonds. The van der Waals surface area contributed by atoms with E-state index in [1.165, 1.54) is 0 Å². The number of carbonyl (C=O) groups is 1. The standard InChI is InChI=1S/C14H16N2O/c1-4-14(17)12-7-5-6-11(8-12)13-9-15-16(3)10(13)2/h5-9H,4H2,1-3H3. The van der Waals surface area contributed by atoms with Crippen LogP contribution in [0, 0.1) is 6.92 Å². The highest BCUT2D eigenvalue weighted by atomic mass is 16.1. The first-order valence-corrected chi connectivity index (χ1v) is 5.75. The number of hydrogen-bond acceptors (Lipinski definition) is 2. The van der Waals surface area contributed by atoms with Crippen LogP contribution in [0.5, 0.6) is 0 Å². The smallest absolute Gasteiger partial charge is 0.162 e. The number of ketones is 1. The first-order valence-electron chi connectivity index (χ1n) is 5.75. The minimum atomic E-state index is 0.174. The zero-order chi connectivity index (χ0) is 12.4. The molecule has 0 saturated carbocycles. The summed E-state index contributed by atoms with van der Waals surface area (Å²) in [7, 11) is 1.92. The highest BCUT2D eigenvalue weighted by Gasteiger charge is 2.09. The molecule has 1 aromatic carbocycles. The number of benzene rings is 1. The first-order chi connectivity index (χ1) is 8.13. The molecule has 0 saturated heterocycles. The van der Waals surface area contributed by atoms with E-state index in [9.17, 15) is 4.79 Å². The lowest BCUT2D eigenvalue weighted by molar-refractivity contribution is 0.0988. The molecule has 2 aromatic rings. The monoisotopic (exact) mass is 228 g/mol. The van der Waals surface area contributed by atoms with E-state index in [4.69, 9.17) is 0 Å². The maximum Gasteiger partial charge on any atom is 0.162 e. The van der Waals surface area contributed by atoms with E-state index >= 15 is 0 Å². The number of rotatable bonds is 3. The summed E-state index contributed by atoms with van der Waals surface area (Å²) in [4.78, 5) is 11.7. The number of aryl methyl sites for hydroxylation is 1. The second-order valence-corrected chi connectivity index (χ2v) is 4.12. The fourth-order valence-corrected chi connectivity index (χ4v) is 1.85. The average molecular weight is 228 g/mol. The van der Waals surface area contributed by atoms with Gasteiger partial charge in [0.25, 0.3) is 0 Å². The molecule has 0 N–H and O–H groups in total. The van der Waals surface area contributed by atoms with Crippen molar-refractivity contribution in [3.05, 3.63) is 41.7 Å². The van der Waals surface area contributed by atoms with Gasteiger partial charge in [-0.1, -0.05) is 25.1 Å². The molecule has 0 unspecified atom stereocenters. The summed E-state index contributed by atoms with van der Waals surface area (Å²) in [5.74, 6) is 0.174. The Labute approximate surface area is 101 Å². The van der Waals surface area contributed by atoms with E-state index in [0.717, 1.165) is 22.4 Å². The molecule has 2 rings (SSSR count). The summed E-state index contributed by atoms with van der Waals surface area (Å²) >= 11 is 0. The maximum absolute atomic E-state index is 11.7. The van der Waals surface area contributed by atoms with Crippen LogP contribution in [-0.2, 0) is 7.05 Å². The van der Waals surface area contributed by atoms with Crippen LogP contribution >= 0.6 is 0 Å². The summed E-state index contributed by atoms with van der Waals surface area (Å²) in [5, 5.41) is 4.22. The Morgan fingerprint density at radius 2 is 2.18 bits per heavy atom. The summed E-state index contributed by atoms with van der Waals surface area (Å²) in [5.41, 5.74) is 4.01. The van der Waals surface area contributed by atoms with Crippen LogP contribution in [0.4, 0.5) is 0 Å². The molecule has 0 radical (unpaired) electrons. The largest absolute Gasteiger partial charge is 0.294 e. The predicted molar refractivity (Wildman–Crippen MR) is 68.0 cm³/mol. The molecule has 88 valence electrons. The third kappa shape index (κ3) is 2.13. The number of Topliss-reactive ketones (excluding diaryl/α,β-unsaturated/α-hetero) is 1. The molecule has 3 nitrogen and oxygen atoms in total. The Kier molecular flexibility index (Phi) is 3.09. The van der Waals surface area contributed by atoms with Crippen molar-refractivity contribution >= 4 is 5.78 Å². The molecular weight excluding hydrogens is 212 g/mol. The first kappa shape index (κ1) is 11.6. The van der Waals surface area contributed by atoms with Crippen molar-refractivity contribution in [2.75, 3.05) is 0 Å². The molecule has 0 spiro atoms. The molecule has 3 heteroatoms. The molecule has 0 atom stereocenters. The van der Waals surface area contributed by atoms with Crippen LogP contribution in [0.15, 0.2) is 30.5 Å². The summed E-state index contributed by atoms with van der Waals surface area (Å²) in [6.07, 6.45) is 2.38. The molecular formula is C14H16N2O. The molecule has 0 aliphatic rings. The fraction of sp³-hybridized carbons (Fsp3) is 0.286. The van der Waals surface area contributed by atoms with Gasteiger partial charge in [-0.05, 0) is 18.6 Å². The van der Waals surface area contributed by atoms with E-state index in [0.29, 0.717) is 6.42 Å². The van der Waals surface area contributed by atoms with Gasteiger partial charge in [-0.2, -0.15) is 5.10 Å². The van der Waals surface area contributed by atoms with Crippen molar-refractivity contribution in [3.8, 4) is 11.1 Å². The lowest BCUT2D eigenvalue weighted by atomic mass is 10.0. The third-order valence-corrected chi connectivity index (χ3v) is 3.05. The predicted octanol–water partition coefficient (Wildman–Crippen LogP) is 2.99. The van der Waals surface area contributed by atoms with Crippen molar-refractivity contribution in [2.24, 2.45) is 7.05 Å². The van der Waals surface area contributed by atoms with Gasteiger partial charge in [-0.15, -0.1) is 0 Å². The number of hydrogen-bond donors (Lipinski definition) is 0. The van der Waals surface area contributed by atoms with Gasteiger partial charge < -0.3 is 0 Å². The Morgan fingerprint density at radius 1 is 1.41 bits per heavy atom. The molecule has 1 aromatic heterocycles. The molecule has 0 bridgehead atoms. The Hall–Kier alpha value is -1.90. The van der Waals surface area contributed by atoms with Crippen molar-refractivity contribution in [3.63, 3.8) is 0 Å². The van der Waals surface area contributed by atoms with Gasteiger partial charge in [-0.3, -0.25) is 9.48 Å². The summed E-state index contributed by atoms with van der Waals surface area (Å²) < 4.78 is 1.84. The van der Waals surface area contributed by atoms with Gasteiger partial charge in [0.1, 0.15) is 0 Å². The summed E-state index contributed by atoms with van der Waals surface area (Å²) in [6.45, 7) is 3.90. The SMILES string of the molecule is CCC(=O)c1cccc(-c2cnn(C)c2C)c1. The second-order valence-electron chi connectivity index (χ2n) is 4.12. The zero-order valence-electron chi connectivity index (χ0n) is 10.4. The molecule has 1 heterocycles. The molecule has 17 heavy (non-hydrogen) atoms. The van der Waals surface area contributed by atoms with E-state index in [-0.39, 0.29) is 5.78 Å². The highest BCUT2D eigenvalue weighted by molar-refractivity contribution is 5.97. The topological polar surface area (TPSA) is 34.9 Å². The number of nitrogens with zero attached hydrogens (tertiary/aromatic N) is 2. The summed E-state index contributed by atoms with van der Waals surface area (Å²) in [6, 6.07) is 7.73. The Bertz CT molecular complexity index is 555. The third-order valence-electron chi connectivity index (χ3n) is 3.05.